The van der Waals surface area contributed by atoms with Gasteiger partial charge in [-0.05, 0) is 42.7 Å². The van der Waals surface area contributed by atoms with Gasteiger partial charge in [0.1, 0.15) is 0 Å². The maximum Gasteiger partial charge on any atom is 0.0889 e. The summed E-state index contributed by atoms with van der Waals surface area (Å²) in [6.45, 7) is 2.26. The van der Waals surface area contributed by atoms with Crippen LogP contribution in [-0.4, -0.2) is 9.97 Å². The van der Waals surface area contributed by atoms with Crippen LogP contribution in [0.5, 0.6) is 0 Å². The summed E-state index contributed by atoms with van der Waals surface area (Å²) >= 11 is 0. The second kappa shape index (κ2) is 9.86. The highest BCUT2D eigenvalue weighted by Crippen LogP contribution is 2.27. The number of pyridine rings is 2. The summed E-state index contributed by atoms with van der Waals surface area (Å²) in [5.41, 5.74) is 4.49. The van der Waals surface area contributed by atoms with Crippen LogP contribution < -0.4 is 0 Å². The molecule has 0 amide bonds. The molecule has 26 heavy (non-hydrogen) atoms. The van der Waals surface area contributed by atoms with E-state index in [2.05, 4.69) is 60.4 Å². The van der Waals surface area contributed by atoms with E-state index in [9.17, 15) is 0 Å². The van der Waals surface area contributed by atoms with Gasteiger partial charge in [0.2, 0.25) is 0 Å². The van der Waals surface area contributed by atoms with Crippen molar-refractivity contribution in [3.63, 3.8) is 0 Å². The average molecular weight is 345 g/mol. The van der Waals surface area contributed by atoms with E-state index in [-0.39, 0.29) is 0 Å². The first-order chi connectivity index (χ1) is 12.9. The molecule has 0 unspecified atom stereocenters. The Bertz CT molecular complexity index is 768. The second-order valence-corrected chi connectivity index (χ2v) is 6.90. The summed E-state index contributed by atoms with van der Waals surface area (Å²) in [4.78, 5) is 9.43. The van der Waals surface area contributed by atoms with Crippen LogP contribution in [0.15, 0.2) is 72.9 Å². The third-order valence-electron chi connectivity index (χ3n) is 4.85. The number of unbranched alkanes of at least 4 members (excludes halogenated alkanes) is 3. The predicted octanol–water partition coefficient (Wildman–Crippen LogP) is 6.44. The van der Waals surface area contributed by atoms with Crippen molar-refractivity contribution in [3.8, 4) is 11.4 Å². The lowest BCUT2D eigenvalue weighted by atomic mass is 9.90. The van der Waals surface area contributed by atoms with Crippen molar-refractivity contribution in [1.82, 2.24) is 9.97 Å². The van der Waals surface area contributed by atoms with E-state index < -0.39 is 0 Å². The van der Waals surface area contributed by atoms with Crippen LogP contribution in [-0.2, 0) is 6.42 Å². The highest BCUT2D eigenvalue weighted by molar-refractivity contribution is 5.53. The smallest absolute Gasteiger partial charge is 0.0889 e. The fourth-order valence-electron chi connectivity index (χ4n) is 3.41. The van der Waals surface area contributed by atoms with Gasteiger partial charge in [-0.1, -0.05) is 75.1 Å². The Morgan fingerprint density at radius 1 is 0.769 bits per heavy atom. The topological polar surface area (TPSA) is 25.8 Å². The molecule has 0 saturated carbocycles. The van der Waals surface area contributed by atoms with E-state index in [0.717, 1.165) is 17.8 Å². The van der Waals surface area contributed by atoms with Gasteiger partial charge in [0.15, 0.2) is 0 Å². The molecule has 0 bridgehead atoms. The highest BCUT2D eigenvalue weighted by Gasteiger charge is 2.15. The molecular weight excluding hydrogens is 316 g/mol. The quantitative estimate of drug-likeness (QED) is 0.417. The second-order valence-electron chi connectivity index (χ2n) is 6.90. The van der Waals surface area contributed by atoms with E-state index in [1.54, 1.807) is 0 Å². The molecule has 2 nitrogen and oxygen atoms in total. The van der Waals surface area contributed by atoms with Crippen molar-refractivity contribution in [2.24, 2.45) is 0 Å². The van der Waals surface area contributed by atoms with Crippen molar-refractivity contribution in [2.75, 3.05) is 0 Å². The minimum Gasteiger partial charge on any atom is -0.255 e. The van der Waals surface area contributed by atoms with Crippen LogP contribution in [0.1, 0.15) is 56.2 Å². The number of nitrogens with zero attached hydrogens (tertiary/aromatic N) is 2. The van der Waals surface area contributed by atoms with Gasteiger partial charge in [0.05, 0.1) is 11.4 Å². The molecule has 0 aliphatic heterocycles. The minimum absolute atomic E-state index is 0.456. The van der Waals surface area contributed by atoms with E-state index in [1.165, 1.54) is 43.4 Å². The Balaban J connectivity index is 1.81. The molecule has 0 saturated heterocycles. The molecule has 2 heteroatoms. The fourth-order valence-corrected chi connectivity index (χ4v) is 3.41. The lowest BCUT2D eigenvalue weighted by molar-refractivity contribution is 0.542. The third kappa shape index (κ3) is 5.26. The molecule has 0 spiro atoms. The molecule has 0 aliphatic carbocycles. The normalized spacial score (nSPS) is 12.0. The molecule has 3 aromatic rings. The van der Waals surface area contributed by atoms with Gasteiger partial charge >= 0.3 is 0 Å². The Kier molecular flexibility index (Phi) is 6.95. The predicted molar refractivity (Wildman–Crippen MR) is 109 cm³/mol. The first kappa shape index (κ1) is 18.3. The maximum atomic E-state index is 4.98. The van der Waals surface area contributed by atoms with E-state index >= 15 is 0 Å². The Morgan fingerprint density at radius 2 is 1.58 bits per heavy atom. The zero-order valence-electron chi connectivity index (χ0n) is 15.6. The molecule has 134 valence electrons. The zero-order valence-corrected chi connectivity index (χ0v) is 15.6. The highest BCUT2D eigenvalue weighted by atomic mass is 14.8. The summed E-state index contributed by atoms with van der Waals surface area (Å²) < 4.78 is 0. The fraction of sp³-hybridized carbons (Fsp3) is 0.333. The Hall–Kier alpha value is -2.48. The SMILES string of the molecule is CCCCCC[C@@H](Cc1ccccc1)c1cccc(-c2ccccn2)n1. The summed E-state index contributed by atoms with van der Waals surface area (Å²) in [5, 5.41) is 0. The molecular formula is C24H28N2. The van der Waals surface area contributed by atoms with Gasteiger partial charge in [0, 0.05) is 17.8 Å². The first-order valence-electron chi connectivity index (χ1n) is 9.79. The molecule has 0 N–H and O–H groups in total. The first-order valence-corrected chi connectivity index (χ1v) is 9.79. The summed E-state index contributed by atoms with van der Waals surface area (Å²) in [5.74, 6) is 0.456. The monoisotopic (exact) mass is 344 g/mol. The van der Waals surface area contributed by atoms with Crippen molar-refractivity contribution >= 4 is 0 Å². The Labute approximate surface area is 157 Å². The molecule has 0 radical (unpaired) electrons. The Morgan fingerprint density at radius 3 is 2.35 bits per heavy atom. The number of hydrogen-bond acceptors (Lipinski definition) is 2. The van der Waals surface area contributed by atoms with Crippen LogP contribution in [0.2, 0.25) is 0 Å². The number of benzene rings is 1. The summed E-state index contributed by atoms with van der Waals surface area (Å²) in [7, 11) is 0. The van der Waals surface area contributed by atoms with E-state index in [1.807, 2.05) is 24.4 Å². The summed E-state index contributed by atoms with van der Waals surface area (Å²) in [6.07, 6.45) is 9.23. The maximum absolute atomic E-state index is 4.98. The van der Waals surface area contributed by atoms with Gasteiger partial charge < -0.3 is 0 Å². The van der Waals surface area contributed by atoms with Gasteiger partial charge in [-0.15, -0.1) is 0 Å². The lowest BCUT2D eigenvalue weighted by Gasteiger charge is -2.17. The molecule has 1 atom stereocenters. The standard InChI is InChI=1S/C24H28N2/c1-2-3-4-8-14-21(19-20-12-6-5-7-13-20)22-16-11-17-24(26-22)23-15-9-10-18-25-23/h5-7,9-13,15-18,21H,2-4,8,14,19H2,1H3/t21-/m0/s1. The molecule has 2 aromatic heterocycles. The van der Waals surface area contributed by atoms with Crippen molar-refractivity contribution in [1.29, 1.82) is 0 Å². The third-order valence-corrected chi connectivity index (χ3v) is 4.85. The lowest BCUT2D eigenvalue weighted by Crippen LogP contribution is -2.06. The molecule has 0 aliphatic rings. The number of hydrogen-bond donors (Lipinski definition) is 0. The molecule has 1 aromatic carbocycles. The van der Waals surface area contributed by atoms with Crippen molar-refractivity contribution in [2.45, 2.75) is 51.4 Å². The van der Waals surface area contributed by atoms with Crippen molar-refractivity contribution < 1.29 is 0 Å². The van der Waals surface area contributed by atoms with Crippen LogP contribution in [0, 0.1) is 0 Å². The minimum atomic E-state index is 0.456. The number of rotatable bonds is 9. The van der Waals surface area contributed by atoms with Gasteiger partial charge in [-0.3, -0.25) is 9.97 Å². The van der Waals surface area contributed by atoms with E-state index in [4.69, 9.17) is 4.98 Å². The molecule has 3 rings (SSSR count). The van der Waals surface area contributed by atoms with E-state index in [0.29, 0.717) is 5.92 Å². The van der Waals surface area contributed by atoms with Gasteiger partial charge in [-0.2, -0.15) is 0 Å². The summed E-state index contributed by atoms with van der Waals surface area (Å²) in [6, 6.07) is 23.1. The zero-order chi connectivity index (χ0) is 18.0. The average Bonchev–Trinajstić information content (AvgIpc) is 2.72. The van der Waals surface area contributed by atoms with Crippen LogP contribution in [0.25, 0.3) is 11.4 Å². The number of aromatic nitrogens is 2. The van der Waals surface area contributed by atoms with Gasteiger partial charge in [0.25, 0.3) is 0 Å². The van der Waals surface area contributed by atoms with Gasteiger partial charge in [-0.25, -0.2) is 0 Å². The van der Waals surface area contributed by atoms with Crippen LogP contribution in [0.4, 0.5) is 0 Å². The molecule has 0 fully saturated rings. The molecule has 2 heterocycles. The van der Waals surface area contributed by atoms with Crippen LogP contribution in [0.3, 0.4) is 0 Å². The largest absolute Gasteiger partial charge is 0.255 e. The van der Waals surface area contributed by atoms with Crippen LogP contribution >= 0.6 is 0 Å². The van der Waals surface area contributed by atoms with Crippen molar-refractivity contribution in [3.05, 3.63) is 84.2 Å².